The van der Waals surface area contributed by atoms with Crippen LogP contribution < -0.4 is 0 Å². The number of rotatable bonds is 3. The molecule has 5 heteroatoms. The van der Waals surface area contributed by atoms with Crippen LogP contribution in [0.2, 0.25) is 0 Å². The molecule has 0 aliphatic carbocycles. The summed E-state index contributed by atoms with van der Waals surface area (Å²) in [5, 5.41) is 0.125. The molecule has 1 saturated heterocycles. The number of ether oxygens (including phenoxy) is 2. The second kappa shape index (κ2) is 4.11. The Kier molecular flexibility index (Phi) is 3.33. The van der Waals surface area contributed by atoms with Crippen molar-refractivity contribution in [2.45, 2.75) is 31.3 Å². The number of thioether (sulfide) groups is 1. The molecule has 1 fully saturated rings. The van der Waals surface area contributed by atoms with Crippen molar-refractivity contribution in [3.63, 3.8) is 0 Å². The van der Waals surface area contributed by atoms with Gasteiger partial charge in [-0.1, -0.05) is 25.6 Å². The monoisotopic (exact) mass is 204 g/mol. The average molecular weight is 204 g/mol. The molecule has 4 nitrogen and oxygen atoms in total. The summed E-state index contributed by atoms with van der Waals surface area (Å²) in [6, 6.07) is 0. The lowest BCUT2D eigenvalue weighted by atomic mass is 10.3. The molecule has 2 atom stereocenters. The SMILES string of the molecule is COC(=O)[C@H]1O[C@H]1C(=O)SC(C)C. The van der Waals surface area contributed by atoms with E-state index in [2.05, 4.69) is 4.74 Å². The largest absolute Gasteiger partial charge is 0.467 e. The molecule has 0 bridgehead atoms. The van der Waals surface area contributed by atoms with Crippen molar-refractivity contribution in [1.29, 1.82) is 0 Å². The van der Waals surface area contributed by atoms with Crippen molar-refractivity contribution < 1.29 is 19.1 Å². The van der Waals surface area contributed by atoms with E-state index in [-0.39, 0.29) is 10.4 Å². The topological polar surface area (TPSA) is 55.9 Å². The molecule has 0 radical (unpaired) electrons. The first-order valence-electron chi connectivity index (χ1n) is 4.00. The Hall–Kier alpha value is -0.550. The lowest BCUT2D eigenvalue weighted by Crippen LogP contribution is -2.16. The van der Waals surface area contributed by atoms with Crippen LogP contribution in [0.5, 0.6) is 0 Å². The first kappa shape index (κ1) is 10.5. The molecule has 0 unspecified atom stereocenters. The molecule has 1 aliphatic heterocycles. The maximum atomic E-state index is 11.3. The number of esters is 1. The fourth-order valence-corrected chi connectivity index (χ4v) is 1.66. The zero-order valence-electron chi connectivity index (χ0n) is 7.77. The standard InChI is InChI=1S/C8H12O4S/c1-4(2)13-8(10)6-5(12-6)7(9)11-3/h4-6H,1-3H3/t5-,6+/m0/s1. The maximum absolute atomic E-state index is 11.3. The molecule has 74 valence electrons. The molecule has 0 saturated carbocycles. The number of hydrogen-bond acceptors (Lipinski definition) is 5. The Labute approximate surface area is 81.0 Å². The van der Waals surface area contributed by atoms with Crippen LogP contribution in [-0.2, 0) is 19.1 Å². The Morgan fingerprint density at radius 2 is 2.00 bits per heavy atom. The van der Waals surface area contributed by atoms with Crippen molar-refractivity contribution in [3.8, 4) is 0 Å². The van der Waals surface area contributed by atoms with Crippen molar-refractivity contribution in [2.24, 2.45) is 0 Å². The summed E-state index contributed by atoms with van der Waals surface area (Å²) >= 11 is 1.18. The van der Waals surface area contributed by atoms with E-state index in [0.29, 0.717) is 0 Å². The summed E-state index contributed by atoms with van der Waals surface area (Å²) in [4.78, 5) is 22.1. The number of carbonyl (C=O) groups excluding carboxylic acids is 2. The number of methoxy groups -OCH3 is 1. The van der Waals surface area contributed by atoms with Gasteiger partial charge in [0.15, 0.2) is 12.2 Å². The highest BCUT2D eigenvalue weighted by molar-refractivity contribution is 8.14. The molecule has 1 aliphatic rings. The van der Waals surface area contributed by atoms with Gasteiger partial charge in [-0.05, 0) is 0 Å². The summed E-state index contributed by atoms with van der Waals surface area (Å²) in [6.45, 7) is 3.83. The molecule has 0 N–H and O–H groups in total. The molecule has 0 aromatic rings. The maximum Gasteiger partial charge on any atom is 0.338 e. The molecule has 1 rings (SSSR count). The van der Waals surface area contributed by atoms with Gasteiger partial charge < -0.3 is 9.47 Å². The third-order valence-electron chi connectivity index (χ3n) is 1.51. The Bertz CT molecular complexity index is 226. The summed E-state index contributed by atoms with van der Waals surface area (Å²) in [7, 11) is 1.28. The first-order chi connectivity index (χ1) is 6.06. The van der Waals surface area contributed by atoms with Crippen molar-refractivity contribution in [3.05, 3.63) is 0 Å². The summed E-state index contributed by atoms with van der Waals surface area (Å²) in [5.74, 6) is -0.470. The fraction of sp³-hybridized carbons (Fsp3) is 0.750. The van der Waals surface area contributed by atoms with Gasteiger partial charge in [0.2, 0.25) is 5.12 Å². The van der Waals surface area contributed by atoms with E-state index >= 15 is 0 Å². The van der Waals surface area contributed by atoms with Crippen LogP contribution in [0.25, 0.3) is 0 Å². The predicted octanol–water partition coefficient (Wildman–Crippen LogP) is 0.595. The van der Waals surface area contributed by atoms with E-state index in [1.54, 1.807) is 0 Å². The Balaban J connectivity index is 2.34. The first-order valence-corrected chi connectivity index (χ1v) is 4.88. The van der Waals surface area contributed by atoms with Crippen molar-refractivity contribution in [1.82, 2.24) is 0 Å². The minimum atomic E-state index is -0.663. The van der Waals surface area contributed by atoms with Gasteiger partial charge in [0.25, 0.3) is 0 Å². The van der Waals surface area contributed by atoms with E-state index < -0.39 is 18.2 Å². The zero-order valence-corrected chi connectivity index (χ0v) is 8.59. The minimum Gasteiger partial charge on any atom is -0.467 e. The van der Waals surface area contributed by atoms with E-state index in [9.17, 15) is 9.59 Å². The molecular formula is C8H12O4S. The molecule has 0 spiro atoms. The smallest absolute Gasteiger partial charge is 0.338 e. The highest BCUT2D eigenvalue weighted by Crippen LogP contribution is 2.29. The van der Waals surface area contributed by atoms with Crippen LogP contribution in [0.1, 0.15) is 13.8 Å². The number of hydrogen-bond donors (Lipinski definition) is 0. The second-order valence-corrected chi connectivity index (χ2v) is 4.57. The lowest BCUT2D eigenvalue weighted by Gasteiger charge is -1.99. The summed E-state index contributed by atoms with van der Waals surface area (Å²) < 4.78 is 9.32. The van der Waals surface area contributed by atoms with Crippen LogP contribution >= 0.6 is 11.8 Å². The Morgan fingerprint density at radius 3 is 2.46 bits per heavy atom. The van der Waals surface area contributed by atoms with E-state index in [4.69, 9.17) is 4.74 Å². The van der Waals surface area contributed by atoms with Crippen LogP contribution in [0, 0.1) is 0 Å². The van der Waals surface area contributed by atoms with Gasteiger partial charge in [-0.25, -0.2) is 4.79 Å². The quantitative estimate of drug-likeness (QED) is 0.497. The van der Waals surface area contributed by atoms with Gasteiger partial charge in [-0.15, -0.1) is 0 Å². The van der Waals surface area contributed by atoms with Gasteiger partial charge in [0.1, 0.15) is 0 Å². The third kappa shape index (κ3) is 2.70. The minimum absolute atomic E-state index is 0.0922. The number of epoxide rings is 1. The molecule has 13 heavy (non-hydrogen) atoms. The van der Waals surface area contributed by atoms with Crippen LogP contribution in [0.15, 0.2) is 0 Å². The number of carbonyl (C=O) groups is 2. The fourth-order valence-electron chi connectivity index (χ4n) is 0.886. The predicted molar refractivity (Wildman–Crippen MR) is 48.4 cm³/mol. The van der Waals surface area contributed by atoms with Crippen LogP contribution in [0.4, 0.5) is 0 Å². The van der Waals surface area contributed by atoms with E-state index in [1.807, 2.05) is 13.8 Å². The Morgan fingerprint density at radius 1 is 1.38 bits per heavy atom. The average Bonchev–Trinajstić information content (AvgIpc) is 2.80. The molecule has 1 heterocycles. The normalized spacial score (nSPS) is 25.8. The summed E-state index contributed by atoms with van der Waals surface area (Å²) in [6.07, 6.45) is -1.25. The lowest BCUT2D eigenvalue weighted by molar-refractivity contribution is -0.142. The highest BCUT2D eigenvalue weighted by atomic mass is 32.2. The second-order valence-electron chi connectivity index (χ2n) is 2.99. The van der Waals surface area contributed by atoms with Gasteiger partial charge in [-0.3, -0.25) is 4.79 Å². The molecule has 0 amide bonds. The van der Waals surface area contributed by atoms with Crippen LogP contribution in [0.3, 0.4) is 0 Å². The van der Waals surface area contributed by atoms with Gasteiger partial charge in [-0.2, -0.15) is 0 Å². The van der Waals surface area contributed by atoms with Crippen LogP contribution in [-0.4, -0.2) is 35.7 Å². The molecular weight excluding hydrogens is 192 g/mol. The zero-order chi connectivity index (χ0) is 10.0. The molecule has 0 aromatic carbocycles. The third-order valence-corrected chi connectivity index (χ3v) is 2.45. The molecule has 0 aromatic heterocycles. The van der Waals surface area contributed by atoms with Gasteiger partial charge >= 0.3 is 5.97 Å². The van der Waals surface area contributed by atoms with Crippen molar-refractivity contribution in [2.75, 3.05) is 7.11 Å². The highest BCUT2D eigenvalue weighted by Gasteiger charge is 2.51. The summed E-state index contributed by atoms with van der Waals surface area (Å²) in [5.41, 5.74) is 0. The van der Waals surface area contributed by atoms with Crippen molar-refractivity contribution >= 4 is 22.8 Å². The van der Waals surface area contributed by atoms with Gasteiger partial charge in [0, 0.05) is 5.25 Å². The van der Waals surface area contributed by atoms with E-state index in [1.165, 1.54) is 18.9 Å². The van der Waals surface area contributed by atoms with Gasteiger partial charge in [0.05, 0.1) is 7.11 Å². The van der Waals surface area contributed by atoms with E-state index in [0.717, 1.165) is 0 Å².